The van der Waals surface area contributed by atoms with Gasteiger partial charge in [0.05, 0.1) is 0 Å². The Bertz CT molecular complexity index is 1180. The third-order valence-electron chi connectivity index (χ3n) is 6.28. The Hall–Kier alpha value is -3.34. The number of likely N-dealkylation sites (tertiary alicyclic amines) is 1. The minimum atomic E-state index is -0.0863. The normalized spacial score (nSPS) is 17.4. The topological polar surface area (TPSA) is 54.3 Å². The van der Waals surface area contributed by atoms with Crippen molar-refractivity contribution in [2.45, 2.75) is 32.7 Å². The van der Waals surface area contributed by atoms with Gasteiger partial charge in [0.2, 0.25) is 5.91 Å². The standard InChI is InChI=1S/C25H25N3O2/c1-17-20(15-21-18-9-3-5-11-22(18)26-25(21)30)19-10-4-6-12-23(19)28(17)16-24(29)27-13-7-2-8-14-27/h3-6,9-12,15H,2,7-8,13-14,16H2,1H3,(H,26,30)/b21-15+. The molecule has 2 aliphatic heterocycles. The van der Waals surface area contributed by atoms with E-state index in [1.807, 2.05) is 54.3 Å². The molecule has 1 fully saturated rings. The number of anilines is 1. The monoisotopic (exact) mass is 399 g/mol. The maximum atomic E-state index is 13.0. The second-order valence-electron chi connectivity index (χ2n) is 8.10. The van der Waals surface area contributed by atoms with Crippen molar-refractivity contribution in [1.29, 1.82) is 0 Å². The van der Waals surface area contributed by atoms with Crippen LogP contribution in [0.15, 0.2) is 48.5 Å². The van der Waals surface area contributed by atoms with Crippen LogP contribution >= 0.6 is 0 Å². The number of aromatic nitrogens is 1. The van der Waals surface area contributed by atoms with Gasteiger partial charge in [-0.15, -0.1) is 0 Å². The first-order chi connectivity index (χ1) is 14.6. The van der Waals surface area contributed by atoms with E-state index in [0.717, 1.165) is 59.3 Å². The number of piperidine rings is 1. The van der Waals surface area contributed by atoms with Gasteiger partial charge < -0.3 is 14.8 Å². The first kappa shape index (κ1) is 18.7. The Morgan fingerprint density at radius 3 is 2.60 bits per heavy atom. The van der Waals surface area contributed by atoms with E-state index in [1.54, 1.807) is 0 Å². The number of fused-ring (bicyclic) bond motifs is 2. The number of hydrogen-bond acceptors (Lipinski definition) is 2. The number of nitrogens with zero attached hydrogens (tertiary/aromatic N) is 2. The molecule has 5 heteroatoms. The lowest BCUT2D eigenvalue weighted by Crippen LogP contribution is -2.37. The number of para-hydroxylation sites is 2. The second-order valence-corrected chi connectivity index (χ2v) is 8.10. The van der Waals surface area contributed by atoms with Crippen molar-refractivity contribution in [2.24, 2.45) is 0 Å². The Labute approximate surface area is 176 Å². The fraction of sp³-hybridized carbons (Fsp3) is 0.280. The van der Waals surface area contributed by atoms with Gasteiger partial charge >= 0.3 is 0 Å². The second kappa shape index (κ2) is 7.48. The van der Waals surface area contributed by atoms with Crippen LogP contribution in [-0.4, -0.2) is 34.4 Å². The predicted molar refractivity (Wildman–Crippen MR) is 120 cm³/mol. The van der Waals surface area contributed by atoms with E-state index < -0.39 is 0 Å². The summed E-state index contributed by atoms with van der Waals surface area (Å²) in [6.07, 6.45) is 5.35. The zero-order chi connectivity index (χ0) is 20.7. The van der Waals surface area contributed by atoms with Gasteiger partial charge in [-0.05, 0) is 44.4 Å². The van der Waals surface area contributed by atoms with Crippen LogP contribution in [0.1, 0.15) is 36.1 Å². The van der Waals surface area contributed by atoms with Gasteiger partial charge in [-0.2, -0.15) is 0 Å². The lowest BCUT2D eigenvalue weighted by Gasteiger charge is -2.27. The molecular formula is C25H25N3O2. The number of nitrogens with one attached hydrogen (secondary N) is 1. The third-order valence-corrected chi connectivity index (χ3v) is 6.28. The number of carbonyl (C=O) groups excluding carboxylic acids is 2. The Balaban J connectivity index is 1.58. The van der Waals surface area contributed by atoms with Gasteiger partial charge in [-0.1, -0.05) is 36.4 Å². The van der Waals surface area contributed by atoms with Crippen molar-refractivity contribution >= 4 is 40.1 Å². The van der Waals surface area contributed by atoms with Crippen LogP contribution in [0.25, 0.3) is 22.6 Å². The predicted octanol–water partition coefficient (Wildman–Crippen LogP) is 4.45. The highest BCUT2D eigenvalue weighted by atomic mass is 16.2. The summed E-state index contributed by atoms with van der Waals surface area (Å²) in [6.45, 7) is 4.07. The summed E-state index contributed by atoms with van der Waals surface area (Å²) in [5.41, 5.74) is 5.46. The van der Waals surface area contributed by atoms with Gasteiger partial charge in [-0.3, -0.25) is 9.59 Å². The molecule has 0 aliphatic carbocycles. The van der Waals surface area contributed by atoms with Gasteiger partial charge in [-0.25, -0.2) is 0 Å². The Morgan fingerprint density at radius 2 is 1.77 bits per heavy atom. The molecule has 2 aliphatic rings. The van der Waals surface area contributed by atoms with Crippen LogP contribution in [0.2, 0.25) is 0 Å². The summed E-state index contributed by atoms with van der Waals surface area (Å²) in [4.78, 5) is 27.6. The molecule has 1 N–H and O–H groups in total. The molecule has 5 rings (SSSR count). The highest BCUT2D eigenvalue weighted by Gasteiger charge is 2.25. The van der Waals surface area contributed by atoms with Crippen LogP contribution < -0.4 is 5.32 Å². The smallest absolute Gasteiger partial charge is 0.256 e. The molecule has 0 saturated carbocycles. The van der Waals surface area contributed by atoms with Gasteiger partial charge in [0.25, 0.3) is 5.91 Å². The van der Waals surface area contributed by atoms with Crippen LogP contribution in [0.3, 0.4) is 0 Å². The summed E-state index contributed by atoms with van der Waals surface area (Å²) in [5.74, 6) is 0.0820. The largest absolute Gasteiger partial charge is 0.341 e. The number of rotatable bonds is 3. The van der Waals surface area contributed by atoms with Crippen LogP contribution in [0.4, 0.5) is 5.69 Å². The van der Waals surface area contributed by atoms with Crippen molar-refractivity contribution < 1.29 is 9.59 Å². The molecule has 152 valence electrons. The van der Waals surface area contributed by atoms with E-state index in [4.69, 9.17) is 0 Å². The lowest BCUT2D eigenvalue weighted by atomic mass is 10.0. The molecule has 5 nitrogen and oxygen atoms in total. The molecule has 1 saturated heterocycles. The minimum absolute atomic E-state index is 0.0863. The number of hydrogen-bond donors (Lipinski definition) is 1. The van der Waals surface area contributed by atoms with Crippen molar-refractivity contribution in [3.63, 3.8) is 0 Å². The fourth-order valence-electron chi connectivity index (χ4n) is 4.65. The zero-order valence-electron chi connectivity index (χ0n) is 17.1. The summed E-state index contributed by atoms with van der Waals surface area (Å²) in [7, 11) is 0. The van der Waals surface area contributed by atoms with E-state index >= 15 is 0 Å². The fourth-order valence-corrected chi connectivity index (χ4v) is 4.65. The average Bonchev–Trinajstić information content (AvgIpc) is 3.23. The van der Waals surface area contributed by atoms with E-state index in [-0.39, 0.29) is 11.8 Å². The van der Waals surface area contributed by atoms with Crippen molar-refractivity contribution in [2.75, 3.05) is 18.4 Å². The molecule has 0 bridgehead atoms. The van der Waals surface area contributed by atoms with E-state index in [1.165, 1.54) is 6.42 Å². The van der Waals surface area contributed by atoms with Gasteiger partial charge in [0, 0.05) is 52.1 Å². The minimum Gasteiger partial charge on any atom is -0.341 e. The number of benzene rings is 2. The summed E-state index contributed by atoms with van der Waals surface area (Å²) < 4.78 is 2.09. The third kappa shape index (κ3) is 3.11. The molecule has 0 atom stereocenters. The number of carbonyl (C=O) groups is 2. The summed E-state index contributed by atoms with van der Waals surface area (Å²) in [5, 5.41) is 4.00. The summed E-state index contributed by atoms with van der Waals surface area (Å²) >= 11 is 0. The van der Waals surface area contributed by atoms with Gasteiger partial charge in [0.1, 0.15) is 6.54 Å². The molecule has 30 heavy (non-hydrogen) atoms. The van der Waals surface area contributed by atoms with Crippen molar-refractivity contribution in [3.05, 3.63) is 65.4 Å². The Morgan fingerprint density at radius 1 is 1.03 bits per heavy atom. The van der Waals surface area contributed by atoms with Crippen molar-refractivity contribution in [3.8, 4) is 0 Å². The van der Waals surface area contributed by atoms with Crippen LogP contribution in [0, 0.1) is 6.92 Å². The maximum absolute atomic E-state index is 13.0. The first-order valence-electron chi connectivity index (χ1n) is 10.6. The Kier molecular flexibility index (Phi) is 4.66. The molecule has 0 radical (unpaired) electrons. The van der Waals surface area contributed by atoms with Crippen LogP contribution in [-0.2, 0) is 16.1 Å². The highest BCUT2D eigenvalue weighted by Crippen LogP contribution is 2.35. The van der Waals surface area contributed by atoms with E-state index in [0.29, 0.717) is 12.1 Å². The quantitative estimate of drug-likeness (QED) is 0.662. The zero-order valence-corrected chi connectivity index (χ0v) is 17.1. The molecule has 1 aromatic heterocycles. The molecule has 0 unspecified atom stereocenters. The molecule has 3 aromatic rings. The molecule has 2 aromatic carbocycles. The van der Waals surface area contributed by atoms with Crippen LogP contribution in [0.5, 0.6) is 0 Å². The molecule has 0 spiro atoms. The number of amides is 2. The molecule has 2 amide bonds. The summed E-state index contributed by atoms with van der Waals surface area (Å²) in [6, 6.07) is 15.9. The highest BCUT2D eigenvalue weighted by molar-refractivity contribution is 6.35. The van der Waals surface area contributed by atoms with E-state index in [2.05, 4.69) is 22.0 Å². The van der Waals surface area contributed by atoms with E-state index in [9.17, 15) is 9.59 Å². The first-order valence-corrected chi connectivity index (χ1v) is 10.6. The SMILES string of the molecule is Cc1c(/C=C2/C(=O)Nc3ccccc32)c2ccccc2n1CC(=O)N1CCCCC1. The lowest BCUT2D eigenvalue weighted by molar-refractivity contribution is -0.132. The molecule has 3 heterocycles. The molecular weight excluding hydrogens is 374 g/mol. The average molecular weight is 399 g/mol. The van der Waals surface area contributed by atoms with Gasteiger partial charge in [0.15, 0.2) is 0 Å². The maximum Gasteiger partial charge on any atom is 0.256 e. The van der Waals surface area contributed by atoms with Crippen molar-refractivity contribution in [1.82, 2.24) is 9.47 Å².